The highest BCUT2D eigenvalue weighted by Gasteiger charge is 2.13. The number of hydrogen-bond acceptors (Lipinski definition) is 4. The van der Waals surface area contributed by atoms with Crippen LogP contribution in [0.2, 0.25) is 0 Å². The van der Waals surface area contributed by atoms with Crippen LogP contribution in [0.5, 0.6) is 17.2 Å². The van der Waals surface area contributed by atoms with Gasteiger partial charge >= 0.3 is 0 Å². The first-order valence-electron chi connectivity index (χ1n) is 6.34. The predicted molar refractivity (Wildman–Crippen MR) is 72.7 cm³/mol. The third-order valence-corrected chi connectivity index (χ3v) is 2.49. The topological polar surface area (TPSA) is 53.7 Å². The maximum Gasteiger partial charge on any atom is 0.164 e. The molecule has 0 fully saturated rings. The fourth-order valence-corrected chi connectivity index (χ4v) is 1.81. The van der Waals surface area contributed by atoms with Gasteiger partial charge in [-0.25, -0.2) is 0 Å². The summed E-state index contributed by atoms with van der Waals surface area (Å²) in [6, 6.07) is 3.90. The Morgan fingerprint density at radius 1 is 1.06 bits per heavy atom. The van der Waals surface area contributed by atoms with E-state index in [2.05, 4.69) is 0 Å². The molecule has 0 spiro atoms. The second kappa shape index (κ2) is 7.11. The Bertz CT molecular complexity index is 378. The highest BCUT2D eigenvalue weighted by atomic mass is 16.5. The summed E-state index contributed by atoms with van der Waals surface area (Å²) < 4.78 is 16.5. The molecule has 0 aliphatic carbocycles. The zero-order chi connectivity index (χ0) is 13.5. The van der Waals surface area contributed by atoms with Crippen molar-refractivity contribution in [2.24, 2.45) is 5.73 Å². The van der Waals surface area contributed by atoms with Gasteiger partial charge in [0.1, 0.15) is 5.75 Å². The summed E-state index contributed by atoms with van der Waals surface area (Å²) in [5, 5.41) is 0. The maximum atomic E-state index is 5.86. The number of methoxy groups -OCH3 is 1. The lowest BCUT2D eigenvalue weighted by Gasteiger charge is -2.16. The highest BCUT2D eigenvalue weighted by Crippen LogP contribution is 2.35. The van der Waals surface area contributed by atoms with Gasteiger partial charge in [-0.3, -0.25) is 0 Å². The van der Waals surface area contributed by atoms with E-state index in [1.807, 2.05) is 32.9 Å². The molecule has 0 aliphatic rings. The molecular weight excluding hydrogens is 230 g/mol. The molecule has 4 heteroatoms. The van der Waals surface area contributed by atoms with E-state index < -0.39 is 0 Å². The van der Waals surface area contributed by atoms with Crippen molar-refractivity contribution in [3.8, 4) is 17.2 Å². The van der Waals surface area contributed by atoms with Crippen LogP contribution < -0.4 is 19.9 Å². The van der Waals surface area contributed by atoms with Crippen molar-refractivity contribution in [3.05, 3.63) is 17.7 Å². The molecule has 0 bridgehead atoms. The number of rotatable bonds is 7. The molecule has 18 heavy (non-hydrogen) atoms. The van der Waals surface area contributed by atoms with Crippen LogP contribution in [0.1, 0.15) is 26.3 Å². The Hall–Kier alpha value is -1.42. The Morgan fingerprint density at radius 2 is 1.67 bits per heavy atom. The van der Waals surface area contributed by atoms with E-state index in [0.29, 0.717) is 19.0 Å². The fourth-order valence-electron chi connectivity index (χ4n) is 1.81. The summed E-state index contributed by atoms with van der Waals surface area (Å²) in [4.78, 5) is 0. The second-order valence-corrected chi connectivity index (χ2v) is 4.16. The zero-order valence-corrected chi connectivity index (χ0v) is 11.7. The van der Waals surface area contributed by atoms with E-state index in [4.69, 9.17) is 19.9 Å². The van der Waals surface area contributed by atoms with Crippen LogP contribution in [0.4, 0.5) is 0 Å². The molecule has 1 rings (SSSR count). The highest BCUT2D eigenvalue weighted by molar-refractivity contribution is 5.51. The van der Waals surface area contributed by atoms with Crippen molar-refractivity contribution in [1.29, 1.82) is 0 Å². The van der Waals surface area contributed by atoms with Gasteiger partial charge in [0.25, 0.3) is 0 Å². The first kappa shape index (κ1) is 14.6. The summed E-state index contributed by atoms with van der Waals surface area (Å²) in [5.41, 5.74) is 6.91. The Labute approximate surface area is 109 Å². The molecule has 0 heterocycles. The third kappa shape index (κ3) is 3.81. The molecule has 0 amide bonds. The van der Waals surface area contributed by atoms with Gasteiger partial charge in [-0.15, -0.1) is 0 Å². The Kier molecular flexibility index (Phi) is 5.78. The van der Waals surface area contributed by atoms with Gasteiger partial charge in [0.15, 0.2) is 11.5 Å². The van der Waals surface area contributed by atoms with E-state index in [9.17, 15) is 0 Å². The lowest BCUT2D eigenvalue weighted by atomic mass is 10.1. The molecule has 0 radical (unpaired) electrons. The molecule has 0 saturated carbocycles. The maximum absolute atomic E-state index is 5.86. The summed E-state index contributed by atoms with van der Waals surface area (Å²) in [6.07, 6.45) is 0.749. The van der Waals surface area contributed by atoms with Crippen LogP contribution in [0, 0.1) is 0 Å². The molecule has 4 nitrogen and oxygen atoms in total. The first-order chi connectivity index (χ1) is 8.62. The van der Waals surface area contributed by atoms with Gasteiger partial charge in [0.05, 0.1) is 20.3 Å². The van der Waals surface area contributed by atoms with Crippen molar-refractivity contribution >= 4 is 0 Å². The van der Waals surface area contributed by atoms with Gasteiger partial charge in [0, 0.05) is 12.1 Å². The van der Waals surface area contributed by atoms with Crippen LogP contribution in [0.3, 0.4) is 0 Å². The lowest BCUT2D eigenvalue weighted by Crippen LogP contribution is -2.18. The van der Waals surface area contributed by atoms with Crippen LogP contribution in [0.25, 0.3) is 0 Å². The number of benzene rings is 1. The first-order valence-corrected chi connectivity index (χ1v) is 6.34. The minimum atomic E-state index is 0.0760. The zero-order valence-electron chi connectivity index (χ0n) is 11.7. The molecule has 102 valence electrons. The summed E-state index contributed by atoms with van der Waals surface area (Å²) >= 11 is 0. The van der Waals surface area contributed by atoms with Crippen LogP contribution in [0.15, 0.2) is 12.1 Å². The number of nitrogens with two attached hydrogens (primary N) is 1. The summed E-state index contributed by atoms with van der Waals surface area (Å²) in [7, 11) is 1.62. The van der Waals surface area contributed by atoms with E-state index in [0.717, 1.165) is 23.5 Å². The molecule has 0 saturated heterocycles. The minimum Gasteiger partial charge on any atom is -0.493 e. The molecule has 0 aliphatic heterocycles. The normalized spacial score (nSPS) is 12.1. The Balaban J connectivity index is 3.14. The monoisotopic (exact) mass is 253 g/mol. The average molecular weight is 253 g/mol. The van der Waals surface area contributed by atoms with E-state index in [1.54, 1.807) is 7.11 Å². The van der Waals surface area contributed by atoms with Gasteiger partial charge in [-0.05, 0) is 38.8 Å². The lowest BCUT2D eigenvalue weighted by molar-refractivity contribution is 0.302. The smallest absolute Gasteiger partial charge is 0.164 e. The molecule has 2 N–H and O–H groups in total. The third-order valence-electron chi connectivity index (χ3n) is 2.49. The number of ether oxygens (including phenoxy) is 3. The van der Waals surface area contributed by atoms with Crippen molar-refractivity contribution in [1.82, 2.24) is 0 Å². The van der Waals surface area contributed by atoms with Crippen LogP contribution in [-0.4, -0.2) is 26.4 Å². The molecule has 0 aromatic heterocycles. The average Bonchev–Trinajstić information content (AvgIpc) is 2.32. The van der Waals surface area contributed by atoms with Gasteiger partial charge in [0.2, 0.25) is 0 Å². The molecule has 1 atom stereocenters. The van der Waals surface area contributed by atoms with E-state index >= 15 is 0 Å². The predicted octanol–water partition coefficient (Wildman–Crippen LogP) is 2.38. The molecule has 1 aromatic rings. The van der Waals surface area contributed by atoms with E-state index in [-0.39, 0.29) is 6.04 Å². The second-order valence-electron chi connectivity index (χ2n) is 4.16. The van der Waals surface area contributed by atoms with Crippen LogP contribution >= 0.6 is 0 Å². The van der Waals surface area contributed by atoms with Crippen LogP contribution in [-0.2, 0) is 6.42 Å². The molecule has 1 aromatic carbocycles. The summed E-state index contributed by atoms with van der Waals surface area (Å²) in [5.74, 6) is 2.24. The van der Waals surface area contributed by atoms with Gasteiger partial charge in [-0.2, -0.15) is 0 Å². The van der Waals surface area contributed by atoms with E-state index in [1.165, 1.54) is 0 Å². The van der Waals surface area contributed by atoms with Gasteiger partial charge < -0.3 is 19.9 Å². The summed E-state index contributed by atoms with van der Waals surface area (Å²) in [6.45, 7) is 7.09. The van der Waals surface area contributed by atoms with Crippen molar-refractivity contribution in [3.63, 3.8) is 0 Å². The minimum absolute atomic E-state index is 0.0760. The fraction of sp³-hybridized carbons (Fsp3) is 0.571. The van der Waals surface area contributed by atoms with Crippen molar-refractivity contribution in [2.45, 2.75) is 33.2 Å². The Morgan fingerprint density at radius 3 is 2.17 bits per heavy atom. The quantitative estimate of drug-likeness (QED) is 0.810. The molecule has 1 unspecified atom stereocenters. The SMILES string of the molecule is CCOc1cc(OC)c(OCC)cc1CC(C)N. The molecular formula is C14H23NO3. The van der Waals surface area contributed by atoms with Gasteiger partial charge in [-0.1, -0.05) is 0 Å². The van der Waals surface area contributed by atoms with Crippen molar-refractivity contribution in [2.75, 3.05) is 20.3 Å². The van der Waals surface area contributed by atoms with Crippen molar-refractivity contribution < 1.29 is 14.2 Å². The standard InChI is InChI=1S/C14H23NO3/c1-5-17-12-9-13(16-4)14(18-6-2)8-11(12)7-10(3)15/h8-10H,5-7,15H2,1-4H3. The number of hydrogen-bond donors (Lipinski definition) is 1. The largest absolute Gasteiger partial charge is 0.493 e.